The first-order valence-corrected chi connectivity index (χ1v) is 7.87. The topological polar surface area (TPSA) is 70.6 Å². The molecule has 0 spiro atoms. The number of aryl methyl sites for hydroxylation is 1. The number of rotatable bonds is 5. The highest BCUT2D eigenvalue weighted by molar-refractivity contribution is 6.41. The van der Waals surface area contributed by atoms with Crippen LogP contribution >= 0.6 is 11.6 Å². The molecule has 0 aromatic heterocycles. The Bertz CT molecular complexity index is 745. The van der Waals surface area contributed by atoms with Crippen molar-refractivity contribution in [3.63, 3.8) is 0 Å². The average molecular weight is 344 g/mol. The van der Waals surface area contributed by atoms with Gasteiger partial charge in [0.25, 0.3) is 0 Å². The van der Waals surface area contributed by atoms with E-state index in [0.29, 0.717) is 17.1 Å². The Morgan fingerprint density at radius 2 is 1.67 bits per heavy atom. The third kappa shape index (κ3) is 5.52. The van der Waals surface area contributed by atoms with Crippen molar-refractivity contribution >= 4 is 34.8 Å². The number of nitrogens with one attached hydrogen (secondary N) is 2. The van der Waals surface area contributed by atoms with Gasteiger partial charge in [0.2, 0.25) is 0 Å². The molecule has 2 amide bonds. The summed E-state index contributed by atoms with van der Waals surface area (Å²) in [7, 11) is 0. The van der Waals surface area contributed by atoms with Crippen LogP contribution in [0.3, 0.4) is 0 Å². The van der Waals surface area contributed by atoms with Gasteiger partial charge in [0, 0.05) is 5.71 Å². The molecule has 2 rings (SSSR count). The van der Waals surface area contributed by atoms with Gasteiger partial charge in [-0.05, 0) is 37.5 Å². The first-order chi connectivity index (χ1) is 11.6. The molecular weight excluding hydrogens is 326 g/mol. The Morgan fingerprint density at radius 3 is 2.38 bits per heavy atom. The number of hydrogen-bond donors (Lipinski definition) is 2. The Hall–Kier alpha value is -2.66. The van der Waals surface area contributed by atoms with Crippen molar-refractivity contribution < 1.29 is 9.59 Å². The third-order valence-corrected chi connectivity index (χ3v) is 3.62. The molecule has 24 heavy (non-hydrogen) atoms. The summed E-state index contributed by atoms with van der Waals surface area (Å²) >= 11 is 5.93. The predicted molar refractivity (Wildman–Crippen MR) is 96.1 cm³/mol. The summed E-state index contributed by atoms with van der Waals surface area (Å²) in [5, 5.41) is 6.75. The van der Waals surface area contributed by atoms with Gasteiger partial charge in [-0.25, -0.2) is 5.43 Å². The standard InChI is InChI=1S/C18H18ClN3O2/c1-13(11-12-14-7-3-2-4-8-14)21-22-18(24)17(23)20-16-10-6-5-9-15(16)19/h2-10H,11-12H2,1H3,(H,20,23)(H,22,24)/b21-13-. The van der Waals surface area contributed by atoms with Crippen LogP contribution in [0.15, 0.2) is 59.7 Å². The van der Waals surface area contributed by atoms with Crippen LogP contribution in [0.1, 0.15) is 18.9 Å². The fraction of sp³-hybridized carbons (Fsp3) is 0.167. The highest BCUT2D eigenvalue weighted by atomic mass is 35.5. The molecule has 0 bridgehead atoms. The zero-order valence-corrected chi connectivity index (χ0v) is 14.0. The molecule has 0 radical (unpaired) electrons. The number of hydrazone groups is 1. The van der Waals surface area contributed by atoms with E-state index in [1.165, 1.54) is 5.56 Å². The Morgan fingerprint density at radius 1 is 1.00 bits per heavy atom. The SMILES string of the molecule is C/C(CCc1ccccc1)=N/NC(=O)C(=O)Nc1ccccc1Cl. The van der Waals surface area contributed by atoms with Crippen LogP contribution in [-0.2, 0) is 16.0 Å². The smallest absolute Gasteiger partial charge is 0.316 e. The quantitative estimate of drug-likeness (QED) is 0.496. The molecule has 2 N–H and O–H groups in total. The second-order valence-electron chi connectivity index (χ2n) is 5.21. The van der Waals surface area contributed by atoms with Crippen LogP contribution in [0, 0.1) is 0 Å². The summed E-state index contributed by atoms with van der Waals surface area (Å²) in [4.78, 5) is 23.6. The van der Waals surface area contributed by atoms with Crippen molar-refractivity contribution in [1.29, 1.82) is 0 Å². The van der Waals surface area contributed by atoms with Gasteiger partial charge in [-0.3, -0.25) is 9.59 Å². The number of carbonyl (C=O) groups is 2. The Kier molecular flexibility index (Phi) is 6.51. The van der Waals surface area contributed by atoms with Gasteiger partial charge >= 0.3 is 11.8 Å². The van der Waals surface area contributed by atoms with Crippen molar-refractivity contribution in [2.75, 3.05) is 5.32 Å². The number of amides is 2. The van der Waals surface area contributed by atoms with E-state index in [-0.39, 0.29) is 0 Å². The zero-order valence-electron chi connectivity index (χ0n) is 13.3. The van der Waals surface area contributed by atoms with Gasteiger partial charge in [0.05, 0.1) is 10.7 Å². The summed E-state index contributed by atoms with van der Waals surface area (Å²) in [6.07, 6.45) is 1.51. The summed E-state index contributed by atoms with van der Waals surface area (Å²) < 4.78 is 0. The summed E-state index contributed by atoms with van der Waals surface area (Å²) in [6.45, 7) is 1.80. The number of carbonyl (C=O) groups excluding carboxylic acids is 2. The first-order valence-electron chi connectivity index (χ1n) is 7.49. The lowest BCUT2D eigenvalue weighted by molar-refractivity contribution is -0.136. The molecule has 2 aromatic carbocycles. The number of para-hydroxylation sites is 1. The summed E-state index contributed by atoms with van der Waals surface area (Å²) in [5.41, 5.74) is 4.55. The minimum Gasteiger partial charge on any atom is -0.316 e. The maximum absolute atomic E-state index is 11.8. The second-order valence-corrected chi connectivity index (χ2v) is 5.61. The normalized spacial score (nSPS) is 11.0. The largest absolute Gasteiger partial charge is 0.329 e. The second kappa shape index (κ2) is 8.84. The molecule has 0 saturated heterocycles. The van der Waals surface area contributed by atoms with Gasteiger partial charge in [0.1, 0.15) is 0 Å². The van der Waals surface area contributed by atoms with Crippen molar-refractivity contribution in [1.82, 2.24) is 5.43 Å². The molecule has 0 heterocycles. The van der Waals surface area contributed by atoms with Gasteiger partial charge in [-0.2, -0.15) is 5.10 Å². The number of nitrogens with zero attached hydrogens (tertiary/aromatic N) is 1. The fourth-order valence-electron chi connectivity index (χ4n) is 1.96. The third-order valence-electron chi connectivity index (χ3n) is 3.29. The van der Waals surface area contributed by atoms with Crippen LogP contribution in [0.5, 0.6) is 0 Å². The molecule has 6 heteroatoms. The minimum atomic E-state index is -0.839. The van der Waals surface area contributed by atoms with E-state index < -0.39 is 11.8 Å². The van der Waals surface area contributed by atoms with Crippen molar-refractivity contribution in [3.05, 3.63) is 65.2 Å². The highest BCUT2D eigenvalue weighted by Crippen LogP contribution is 2.20. The molecule has 0 atom stereocenters. The van der Waals surface area contributed by atoms with E-state index in [1.807, 2.05) is 30.3 Å². The van der Waals surface area contributed by atoms with E-state index in [0.717, 1.165) is 12.1 Å². The molecule has 0 saturated carbocycles. The Labute approximate surface area is 145 Å². The molecular formula is C18H18ClN3O2. The van der Waals surface area contributed by atoms with Crippen LogP contribution in [0.25, 0.3) is 0 Å². The van der Waals surface area contributed by atoms with E-state index in [9.17, 15) is 9.59 Å². The van der Waals surface area contributed by atoms with E-state index in [2.05, 4.69) is 15.8 Å². The van der Waals surface area contributed by atoms with Crippen molar-refractivity contribution in [3.8, 4) is 0 Å². The molecule has 0 aliphatic rings. The number of benzene rings is 2. The highest BCUT2D eigenvalue weighted by Gasteiger charge is 2.14. The van der Waals surface area contributed by atoms with Gasteiger partial charge in [-0.1, -0.05) is 54.1 Å². The number of hydrogen-bond acceptors (Lipinski definition) is 3. The molecule has 0 fully saturated rings. The number of anilines is 1. The van der Waals surface area contributed by atoms with Crippen LogP contribution in [0.4, 0.5) is 5.69 Å². The van der Waals surface area contributed by atoms with Crippen LogP contribution < -0.4 is 10.7 Å². The summed E-state index contributed by atoms with van der Waals surface area (Å²) in [6, 6.07) is 16.7. The molecule has 124 valence electrons. The minimum absolute atomic E-state index is 0.362. The molecule has 0 aliphatic carbocycles. The first kappa shape index (κ1) is 17.7. The van der Waals surface area contributed by atoms with E-state index in [1.54, 1.807) is 31.2 Å². The molecule has 2 aromatic rings. The molecule has 0 unspecified atom stereocenters. The average Bonchev–Trinajstić information content (AvgIpc) is 2.60. The van der Waals surface area contributed by atoms with Crippen molar-refractivity contribution in [2.24, 2.45) is 5.10 Å². The number of halogens is 1. The maximum Gasteiger partial charge on any atom is 0.329 e. The van der Waals surface area contributed by atoms with Crippen molar-refractivity contribution in [2.45, 2.75) is 19.8 Å². The summed E-state index contributed by atoms with van der Waals surface area (Å²) in [5.74, 6) is -1.66. The predicted octanol–water partition coefficient (Wildman–Crippen LogP) is 3.40. The van der Waals surface area contributed by atoms with E-state index in [4.69, 9.17) is 11.6 Å². The monoisotopic (exact) mass is 343 g/mol. The van der Waals surface area contributed by atoms with Crippen LogP contribution in [0.2, 0.25) is 5.02 Å². The fourth-order valence-corrected chi connectivity index (χ4v) is 2.15. The van der Waals surface area contributed by atoms with Crippen LogP contribution in [-0.4, -0.2) is 17.5 Å². The lowest BCUT2D eigenvalue weighted by Gasteiger charge is -2.06. The van der Waals surface area contributed by atoms with Gasteiger partial charge in [-0.15, -0.1) is 0 Å². The maximum atomic E-state index is 11.8. The Balaban J connectivity index is 1.82. The van der Waals surface area contributed by atoms with Gasteiger partial charge < -0.3 is 5.32 Å². The lowest BCUT2D eigenvalue weighted by Crippen LogP contribution is -2.33. The lowest BCUT2D eigenvalue weighted by atomic mass is 10.1. The molecule has 5 nitrogen and oxygen atoms in total. The zero-order chi connectivity index (χ0) is 17.4. The van der Waals surface area contributed by atoms with E-state index >= 15 is 0 Å². The molecule has 0 aliphatic heterocycles. The van der Waals surface area contributed by atoms with Gasteiger partial charge in [0.15, 0.2) is 0 Å².